The number of hydrogen-bond acceptors (Lipinski definition) is 2. The fraction of sp³-hybridized carbons (Fsp3) is 0.500. The van der Waals surface area contributed by atoms with Crippen molar-refractivity contribution < 1.29 is 0 Å². The first-order chi connectivity index (χ1) is 8.15. The Morgan fingerprint density at radius 2 is 2.12 bits per heavy atom. The van der Waals surface area contributed by atoms with Gasteiger partial charge in [-0.05, 0) is 41.8 Å². The topological polar surface area (TPSA) is 35.6 Å². The van der Waals surface area contributed by atoms with Crippen molar-refractivity contribution >= 4 is 15.9 Å². The van der Waals surface area contributed by atoms with Gasteiger partial charge in [-0.2, -0.15) is 10.2 Å². The molecule has 92 valence electrons. The summed E-state index contributed by atoms with van der Waals surface area (Å²) in [5.41, 5.74) is 3.48. The van der Waals surface area contributed by atoms with Crippen LogP contribution in [0.2, 0.25) is 0 Å². The Morgan fingerprint density at radius 3 is 2.65 bits per heavy atom. The summed E-state index contributed by atoms with van der Waals surface area (Å²) >= 11 is 3.64. The molecular weight excluding hydrogens is 280 g/mol. The predicted octanol–water partition coefficient (Wildman–Crippen LogP) is 2.78. The third-order valence-corrected chi connectivity index (χ3v) is 3.68. The Hall–Kier alpha value is -1.10. The molecule has 2 aromatic rings. The van der Waals surface area contributed by atoms with Crippen LogP contribution in [0.1, 0.15) is 30.8 Å². The van der Waals surface area contributed by atoms with Crippen LogP contribution in [0, 0.1) is 6.92 Å². The van der Waals surface area contributed by atoms with E-state index in [-0.39, 0.29) is 0 Å². The summed E-state index contributed by atoms with van der Waals surface area (Å²) in [5, 5.41) is 8.90. The molecule has 0 aliphatic rings. The van der Waals surface area contributed by atoms with E-state index in [9.17, 15) is 0 Å². The van der Waals surface area contributed by atoms with Crippen molar-refractivity contribution in [2.45, 2.75) is 40.3 Å². The standard InChI is InChI=1S/C12H17BrN4/c1-4-10-12(13)11(17(5-2)15-10)8-16-7-9(3)6-14-16/h6-7H,4-5,8H2,1-3H3. The number of aryl methyl sites for hydroxylation is 3. The Morgan fingerprint density at radius 1 is 1.35 bits per heavy atom. The molecule has 5 heteroatoms. The predicted molar refractivity (Wildman–Crippen MR) is 71.0 cm³/mol. The van der Waals surface area contributed by atoms with Gasteiger partial charge in [0.15, 0.2) is 0 Å². The molecule has 0 saturated carbocycles. The fourth-order valence-corrected chi connectivity index (χ4v) is 2.56. The minimum absolute atomic E-state index is 0.759. The highest BCUT2D eigenvalue weighted by molar-refractivity contribution is 9.10. The Kier molecular flexibility index (Phi) is 3.66. The summed E-state index contributed by atoms with van der Waals surface area (Å²) in [7, 11) is 0. The van der Waals surface area contributed by atoms with Gasteiger partial charge < -0.3 is 0 Å². The van der Waals surface area contributed by atoms with E-state index in [1.54, 1.807) is 0 Å². The zero-order valence-corrected chi connectivity index (χ0v) is 12.0. The lowest BCUT2D eigenvalue weighted by Crippen LogP contribution is -2.08. The minimum atomic E-state index is 0.759. The lowest BCUT2D eigenvalue weighted by molar-refractivity contribution is 0.572. The van der Waals surface area contributed by atoms with Gasteiger partial charge in [-0.25, -0.2) is 0 Å². The second kappa shape index (κ2) is 5.04. The van der Waals surface area contributed by atoms with Gasteiger partial charge in [-0.3, -0.25) is 9.36 Å². The maximum Gasteiger partial charge on any atom is 0.0839 e. The number of hydrogen-bond donors (Lipinski definition) is 0. The molecule has 0 N–H and O–H groups in total. The zero-order valence-electron chi connectivity index (χ0n) is 10.4. The summed E-state index contributed by atoms with van der Waals surface area (Å²) in [6, 6.07) is 0. The van der Waals surface area contributed by atoms with Crippen molar-refractivity contribution in [3.63, 3.8) is 0 Å². The third-order valence-electron chi connectivity index (χ3n) is 2.77. The quantitative estimate of drug-likeness (QED) is 0.870. The number of rotatable bonds is 4. The molecule has 0 radical (unpaired) electrons. The first-order valence-electron chi connectivity index (χ1n) is 5.88. The van der Waals surface area contributed by atoms with Crippen LogP contribution in [0.25, 0.3) is 0 Å². The van der Waals surface area contributed by atoms with Crippen molar-refractivity contribution in [2.24, 2.45) is 0 Å². The molecule has 2 rings (SSSR count). The second-order valence-electron chi connectivity index (χ2n) is 4.09. The van der Waals surface area contributed by atoms with Crippen molar-refractivity contribution in [1.82, 2.24) is 19.6 Å². The van der Waals surface area contributed by atoms with Crippen LogP contribution in [0.15, 0.2) is 16.9 Å². The summed E-state index contributed by atoms with van der Waals surface area (Å²) in [6.45, 7) is 7.92. The van der Waals surface area contributed by atoms with Gasteiger partial charge in [0.1, 0.15) is 0 Å². The SMILES string of the molecule is CCc1nn(CC)c(Cn2cc(C)cn2)c1Br. The van der Waals surface area contributed by atoms with Crippen LogP contribution >= 0.6 is 15.9 Å². The smallest absolute Gasteiger partial charge is 0.0839 e. The molecule has 0 aliphatic heterocycles. The highest BCUT2D eigenvalue weighted by Gasteiger charge is 2.14. The molecule has 0 saturated heterocycles. The van der Waals surface area contributed by atoms with E-state index in [2.05, 4.69) is 40.0 Å². The Bertz CT molecular complexity index is 513. The number of nitrogens with zero attached hydrogens (tertiary/aromatic N) is 4. The average Bonchev–Trinajstić information content (AvgIpc) is 2.85. The lowest BCUT2D eigenvalue weighted by atomic mass is 10.3. The van der Waals surface area contributed by atoms with Crippen molar-refractivity contribution in [1.29, 1.82) is 0 Å². The molecule has 2 aromatic heterocycles. The maximum absolute atomic E-state index is 4.58. The third kappa shape index (κ3) is 2.44. The highest BCUT2D eigenvalue weighted by atomic mass is 79.9. The van der Waals surface area contributed by atoms with Gasteiger partial charge in [-0.1, -0.05) is 6.92 Å². The second-order valence-corrected chi connectivity index (χ2v) is 4.88. The Labute approximate surface area is 110 Å². The molecule has 0 unspecified atom stereocenters. The first-order valence-corrected chi connectivity index (χ1v) is 6.68. The largest absolute Gasteiger partial charge is 0.267 e. The molecule has 0 aliphatic carbocycles. The molecule has 0 aromatic carbocycles. The van der Waals surface area contributed by atoms with E-state index in [0.29, 0.717) is 0 Å². The van der Waals surface area contributed by atoms with Gasteiger partial charge >= 0.3 is 0 Å². The molecule has 0 spiro atoms. The molecule has 0 atom stereocenters. The maximum atomic E-state index is 4.58. The fourth-order valence-electron chi connectivity index (χ4n) is 1.88. The van der Waals surface area contributed by atoms with Gasteiger partial charge in [0.25, 0.3) is 0 Å². The van der Waals surface area contributed by atoms with Crippen LogP contribution in [0.4, 0.5) is 0 Å². The molecule has 0 fully saturated rings. The van der Waals surface area contributed by atoms with Crippen LogP contribution in [0.3, 0.4) is 0 Å². The van der Waals surface area contributed by atoms with Crippen molar-refractivity contribution in [2.75, 3.05) is 0 Å². The van der Waals surface area contributed by atoms with E-state index < -0.39 is 0 Å². The Balaban J connectivity index is 2.34. The monoisotopic (exact) mass is 296 g/mol. The minimum Gasteiger partial charge on any atom is -0.267 e. The first kappa shape index (κ1) is 12.4. The molecule has 0 bridgehead atoms. The van der Waals surface area contributed by atoms with Crippen LogP contribution in [-0.2, 0) is 19.5 Å². The van der Waals surface area contributed by atoms with Gasteiger partial charge in [-0.15, -0.1) is 0 Å². The molecule has 0 amide bonds. The lowest BCUT2D eigenvalue weighted by Gasteiger charge is -2.05. The average molecular weight is 297 g/mol. The van der Waals surface area contributed by atoms with Crippen LogP contribution in [-0.4, -0.2) is 19.6 Å². The van der Waals surface area contributed by atoms with E-state index >= 15 is 0 Å². The molecule has 17 heavy (non-hydrogen) atoms. The van der Waals surface area contributed by atoms with Gasteiger partial charge in [0.2, 0.25) is 0 Å². The summed E-state index contributed by atoms with van der Waals surface area (Å²) in [5.74, 6) is 0. The summed E-state index contributed by atoms with van der Waals surface area (Å²) in [6.07, 6.45) is 4.87. The van der Waals surface area contributed by atoms with E-state index in [1.165, 1.54) is 11.3 Å². The van der Waals surface area contributed by atoms with Crippen molar-refractivity contribution in [3.05, 3.63) is 33.8 Å². The summed E-state index contributed by atoms with van der Waals surface area (Å²) in [4.78, 5) is 0. The molecular formula is C12H17BrN4. The summed E-state index contributed by atoms with van der Waals surface area (Å²) < 4.78 is 5.11. The van der Waals surface area contributed by atoms with Crippen LogP contribution < -0.4 is 0 Å². The van der Waals surface area contributed by atoms with E-state index in [0.717, 1.165) is 29.7 Å². The van der Waals surface area contributed by atoms with Gasteiger partial charge in [0, 0.05) is 12.7 Å². The normalized spacial score (nSPS) is 11.1. The number of aromatic nitrogens is 4. The van der Waals surface area contributed by atoms with Crippen LogP contribution in [0.5, 0.6) is 0 Å². The molecule has 2 heterocycles. The zero-order chi connectivity index (χ0) is 12.4. The van der Waals surface area contributed by atoms with E-state index in [1.807, 2.05) is 28.7 Å². The molecule has 4 nitrogen and oxygen atoms in total. The number of halogens is 1. The highest BCUT2D eigenvalue weighted by Crippen LogP contribution is 2.23. The van der Waals surface area contributed by atoms with E-state index in [4.69, 9.17) is 0 Å². The van der Waals surface area contributed by atoms with Gasteiger partial charge in [0.05, 0.1) is 28.6 Å². The van der Waals surface area contributed by atoms with Crippen molar-refractivity contribution in [3.8, 4) is 0 Å².